The number of nitriles is 2. The van der Waals surface area contributed by atoms with E-state index in [1.807, 2.05) is 54.6 Å². The van der Waals surface area contributed by atoms with Gasteiger partial charge in [0.2, 0.25) is 0 Å². The Morgan fingerprint density at radius 1 is 0.667 bits per heavy atom. The molecule has 4 aromatic carbocycles. The van der Waals surface area contributed by atoms with Crippen molar-refractivity contribution >= 4 is 22.8 Å². The van der Waals surface area contributed by atoms with E-state index in [2.05, 4.69) is 18.2 Å². The van der Waals surface area contributed by atoms with Gasteiger partial charge in [-0.25, -0.2) is 4.39 Å². The molecule has 0 amide bonds. The molecule has 0 N–H and O–H groups in total. The molecule has 0 aliphatic heterocycles. The van der Waals surface area contributed by atoms with Crippen LogP contribution in [-0.4, -0.2) is 0 Å². The first kappa shape index (κ1) is 20.2. The van der Waals surface area contributed by atoms with Crippen molar-refractivity contribution < 1.29 is 4.39 Å². The van der Waals surface area contributed by atoms with Gasteiger partial charge in [-0.2, -0.15) is 10.5 Å². The van der Waals surface area contributed by atoms with E-state index in [4.69, 9.17) is 0 Å². The van der Waals surface area contributed by atoms with Crippen molar-refractivity contribution in [2.45, 2.75) is 0 Å². The first-order valence-electron chi connectivity index (χ1n) is 10.5. The molecule has 4 aromatic rings. The van der Waals surface area contributed by atoms with Gasteiger partial charge in [0.15, 0.2) is 0 Å². The quantitative estimate of drug-likeness (QED) is 0.353. The SMILES string of the molecule is N#Cc1ccc(C2=Cc3ccc(F)cc3/C2=C(/c2ccccc2)c2ccc(C#N)cc2)cc1. The highest BCUT2D eigenvalue weighted by atomic mass is 19.1. The molecule has 0 fully saturated rings. The zero-order chi connectivity index (χ0) is 22.8. The maximum atomic E-state index is 14.4. The standard InChI is InChI=1S/C30H17FN2/c31-26-15-14-25-16-27(22-10-6-20(18-32)7-11-22)30(28(25)17-26)29(23-4-2-1-3-5-23)24-12-8-21(19-33)9-13-24/h1-17H/b30-29-. The Morgan fingerprint density at radius 2 is 1.27 bits per heavy atom. The minimum atomic E-state index is -0.298. The lowest BCUT2D eigenvalue weighted by molar-refractivity contribution is 0.627. The van der Waals surface area contributed by atoms with Crippen LogP contribution in [0.5, 0.6) is 0 Å². The topological polar surface area (TPSA) is 47.6 Å². The van der Waals surface area contributed by atoms with Crippen LogP contribution in [-0.2, 0) is 0 Å². The minimum Gasteiger partial charge on any atom is -0.207 e. The van der Waals surface area contributed by atoms with Crippen LogP contribution in [0.4, 0.5) is 4.39 Å². The van der Waals surface area contributed by atoms with E-state index in [1.165, 1.54) is 6.07 Å². The zero-order valence-corrected chi connectivity index (χ0v) is 17.6. The average Bonchev–Trinajstić information content (AvgIpc) is 3.23. The molecule has 0 unspecified atom stereocenters. The molecule has 3 heteroatoms. The summed E-state index contributed by atoms with van der Waals surface area (Å²) in [4.78, 5) is 0. The van der Waals surface area contributed by atoms with Crippen LogP contribution in [0.2, 0.25) is 0 Å². The molecule has 154 valence electrons. The Morgan fingerprint density at radius 3 is 1.91 bits per heavy atom. The van der Waals surface area contributed by atoms with Crippen LogP contribution in [0.3, 0.4) is 0 Å². The molecule has 0 aromatic heterocycles. The molecule has 0 spiro atoms. The lowest BCUT2D eigenvalue weighted by atomic mass is 9.85. The summed E-state index contributed by atoms with van der Waals surface area (Å²) >= 11 is 0. The molecule has 0 radical (unpaired) electrons. The van der Waals surface area contributed by atoms with Crippen molar-refractivity contribution in [1.82, 2.24) is 0 Å². The maximum absolute atomic E-state index is 14.4. The van der Waals surface area contributed by atoms with Gasteiger partial charge < -0.3 is 0 Å². The molecule has 0 saturated heterocycles. The molecular weight excluding hydrogens is 407 g/mol. The third-order valence-electron chi connectivity index (χ3n) is 5.79. The predicted molar refractivity (Wildman–Crippen MR) is 129 cm³/mol. The van der Waals surface area contributed by atoms with Crippen molar-refractivity contribution in [3.8, 4) is 12.1 Å². The molecular formula is C30H17FN2. The lowest BCUT2D eigenvalue weighted by Gasteiger charge is -2.17. The number of allylic oxidation sites excluding steroid dienone is 2. The zero-order valence-electron chi connectivity index (χ0n) is 17.6. The Balaban J connectivity index is 1.84. The summed E-state index contributed by atoms with van der Waals surface area (Å²) in [5.74, 6) is -0.298. The van der Waals surface area contributed by atoms with Crippen molar-refractivity contribution in [1.29, 1.82) is 10.5 Å². The summed E-state index contributed by atoms with van der Waals surface area (Å²) < 4.78 is 14.4. The second kappa shape index (κ2) is 8.42. The summed E-state index contributed by atoms with van der Waals surface area (Å²) in [7, 11) is 0. The van der Waals surface area contributed by atoms with Gasteiger partial charge in [0.25, 0.3) is 0 Å². The molecule has 2 nitrogen and oxygen atoms in total. The van der Waals surface area contributed by atoms with E-state index in [-0.39, 0.29) is 5.82 Å². The number of halogens is 1. The van der Waals surface area contributed by atoms with Crippen LogP contribution < -0.4 is 0 Å². The molecule has 0 atom stereocenters. The molecule has 0 bridgehead atoms. The van der Waals surface area contributed by atoms with Gasteiger partial charge in [-0.3, -0.25) is 0 Å². The summed E-state index contributed by atoms with van der Waals surface area (Å²) in [5, 5.41) is 18.5. The Bertz CT molecular complexity index is 1500. The van der Waals surface area contributed by atoms with Crippen molar-refractivity contribution in [2.24, 2.45) is 0 Å². The van der Waals surface area contributed by atoms with Crippen LogP contribution in [0.1, 0.15) is 38.9 Å². The van der Waals surface area contributed by atoms with Gasteiger partial charge in [-0.05, 0) is 87.0 Å². The van der Waals surface area contributed by atoms with E-state index in [0.717, 1.165) is 44.5 Å². The van der Waals surface area contributed by atoms with Crippen molar-refractivity contribution in [2.75, 3.05) is 0 Å². The first-order chi connectivity index (χ1) is 16.2. The van der Waals surface area contributed by atoms with Crippen LogP contribution in [0, 0.1) is 28.5 Å². The maximum Gasteiger partial charge on any atom is 0.123 e. The van der Waals surface area contributed by atoms with Crippen molar-refractivity contribution in [3.63, 3.8) is 0 Å². The summed E-state index contributed by atoms with van der Waals surface area (Å²) in [6.45, 7) is 0. The second-order valence-electron chi connectivity index (χ2n) is 7.78. The summed E-state index contributed by atoms with van der Waals surface area (Å²) in [5.41, 5.74) is 8.64. The monoisotopic (exact) mass is 424 g/mol. The van der Waals surface area contributed by atoms with E-state index >= 15 is 0 Å². The number of hydrogen-bond acceptors (Lipinski definition) is 2. The highest BCUT2D eigenvalue weighted by Gasteiger charge is 2.26. The molecule has 1 aliphatic rings. The highest BCUT2D eigenvalue weighted by Crippen LogP contribution is 2.47. The predicted octanol–water partition coefficient (Wildman–Crippen LogP) is 7.08. The van der Waals surface area contributed by atoms with Gasteiger partial charge in [0, 0.05) is 0 Å². The Labute approximate surface area is 191 Å². The fourth-order valence-corrected chi connectivity index (χ4v) is 4.24. The first-order valence-corrected chi connectivity index (χ1v) is 10.5. The van der Waals surface area contributed by atoms with Gasteiger partial charge in [0.05, 0.1) is 23.3 Å². The largest absolute Gasteiger partial charge is 0.207 e. The van der Waals surface area contributed by atoms with Crippen LogP contribution in [0.15, 0.2) is 97.1 Å². The fraction of sp³-hybridized carbons (Fsp3) is 0. The molecule has 0 saturated carbocycles. The molecule has 0 heterocycles. The van der Waals surface area contributed by atoms with E-state index in [1.54, 1.807) is 36.4 Å². The van der Waals surface area contributed by atoms with Crippen LogP contribution >= 0.6 is 0 Å². The normalized spacial score (nSPS) is 13.5. The van der Waals surface area contributed by atoms with E-state index in [9.17, 15) is 14.9 Å². The molecule has 1 aliphatic carbocycles. The van der Waals surface area contributed by atoms with E-state index < -0.39 is 0 Å². The lowest BCUT2D eigenvalue weighted by Crippen LogP contribution is -1.97. The second-order valence-corrected chi connectivity index (χ2v) is 7.78. The third kappa shape index (κ3) is 3.74. The van der Waals surface area contributed by atoms with Gasteiger partial charge in [-0.1, -0.05) is 60.7 Å². The van der Waals surface area contributed by atoms with E-state index in [0.29, 0.717) is 11.1 Å². The Hall–Kier alpha value is -4.73. The van der Waals surface area contributed by atoms with Gasteiger partial charge in [0.1, 0.15) is 5.82 Å². The highest BCUT2D eigenvalue weighted by molar-refractivity contribution is 6.25. The number of fused-ring (bicyclic) bond motifs is 1. The third-order valence-corrected chi connectivity index (χ3v) is 5.79. The number of hydrogen-bond donors (Lipinski definition) is 0. The summed E-state index contributed by atoms with van der Waals surface area (Å²) in [6, 6.07) is 34.0. The van der Waals surface area contributed by atoms with Crippen molar-refractivity contribution in [3.05, 3.63) is 142 Å². The fourth-order valence-electron chi connectivity index (χ4n) is 4.24. The Kier molecular flexibility index (Phi) is 5.15. The van der Waals surface area contributed by atoms with Gasteiger partial charge in [-0.15, -0.1) is 0 Å². The number of benzene rings is 4. The molecule has 5 rings (SSSR count). The summed E-state index contributed by atoms with van der Waals surface area (Å²) in [6.07, 6.45) is 2.07. The number of rotatable bonds is 3. The minimum absolute atomic E-state index is 0.298. The average molecular weight is 424 g/mol. The number of nitrogens with zero attached hydrogens (tertiary/aromatic N) is 2. The van der Waals surface area contributed by atoms with Crippen LogP contribution in [0.25, 0.3) is 22.8 Å². The van der Waals surface area contributed by atoms with Gasteiger partial charge >= 0.3 is 0 Å². The smallest absolute Gasteiger partial charge is 0.123 e. The molecule has 33 heavy (non-hydrogen) atoms.